The molecule has 2 heterocycles. The van der Waals surface area contributed by atoms with Gasteiger partial charge in [-0.2, -0.15) is 0 Å². The standard InChI is InChI=1S/C19H22ClNO3S2/c1-13-9-18(14(2)21(13)17-7-8-26(23,24)12-17)19(22)11-25-10-15-3-5-16(20)6-4-15/h3-6,9,17H,7-8,10-12H2,1-2H3/t17-/m1/s1. The molecule has 7 heteroatoms. The molecule has 0 N–H and O–H groups in total. The maximum atomic E-state index is 12.6. The lowest BCUT2D eigenvalue weighted by molar-refractivity contribution is 0.102. The molecule has 1 saturated heterocycles. The number of hydrogen-bond acceptors (Lipinski definition) is 4. The number of carbonyl (C=O) groups is 1. The monoisotopic (exact) mass is 411 g/mol. The van der Waals surface area contributed by atoms with E-state index in [1.807, 2.05) is 48.7 Å². The third kappa shape index (κ3) is 4.35. The van der Waals surface area contributed by atoms with Crippen molar-refractivity contribution in [3.8, 4) is 0 Å². The van der Waals surface area contributed by atoms with Crippen LogP contribution in [0.1, 0.15) is 39.8 Å². The number of rotatable bonds is 6. The van der Waals surface area contributed by atoms with Crippen molar-refractivity contribution in [3.63, 3.8) is 0 Å². The van der Waals surface area contributed by atoms with Gasteiger partial charge in [0.15, 0.2) is 15.6 Å². The van der Waals surface area contributed by atoms with E-state index < -0.39 is 9.84 Å². The normalized spacial score (nSPS) is 19.0. The molecule has 0 radical (unpaired) electrons. The number of benzene rings is 1. The van der Waals surface area contributed by atoms with Gasteiger partial charge in [0.25, 0.3) is 0 Å². The Morgan fingerprint density at radius 1 is 1.27 bits per heavy atom. The Labute approximate surface area is 163 Å². The summed E-state index contributed by atoms with van der Waals surface area (Å²) in [6.07, 6.45) is 0.623. The van der Waals surface area contributed by atoms with Crippen LogP contribution in [0.15, 0.2) is 30.3 Å². The van der Waals surface area contributed by atoms with Gasteiger partial charge in [0.1, 0.15) is 0 Å². The van der Waals surface area contributed by atoms with Gasteiger partial charge in [-0.15, -0.1) is 11.8 Å². The zero-order chi connectivity index (χ0) is 18.9. The second kappa shape index (κ2) is 7.79. The van der Waals surface area contributed by atoms with Gasteiger partial charge < -0.3 is 4.57 Å². The zero-order valence-electron chi connectivity index (χ0n) is 14.9. The highest BCUT2D eigenvalue weighted by Crippen LogP contribution is 2.29. The first-order chi connectivity index (χ1) is 12.3. The summed E-state index contributed by atoms with van der Waals surface area (Å²) in [6, 6.07) is 9.47. The Morgan fingerprint density at radius 2 is 1.96 bits per heavy atom. The van der Waals surface area contributed by atoms with Gasteiger partial charge in [0, 0.05) is 33.8 Å². The van der Waals surface area contributed by atoms with E-state index in [0.717, 1.165) is 22.7 Å². The first-order valence-corrected chi connectivity index (χ1v) is 11.9. The van der Waals surface area contributed by atoms with Crippen LogP contribution in [0.4, 0.5) is 0 Å². The molecule has 0 unspecified atom stereocenters. The van der Waals surface area contributed by atoms with Gasteiger partial charge in [-0.25, -0.2) is 8.42 Å². The second-order valence-electron chi connectivity index (χ2n) is 6.75. The van der Waals surface area contributed by atoms with Crippen molar-refractivity contribution in [2.45, 2.75) is 32.1 Å². The minimum Gasteiger partial charge on any atom is -0.344 e. The van der Waals surface area contributed by atoms with Crippen LogP contribution in [0, 0.1) is 13.8 Å². The predicted octanol–water partition coefficient (Wildman–Crippen LogP) is 4.23. The summed E-state index contributed by atoms with van der Waals surface area (Å²) >= 11 is 7.45. The van der Waals surface area contributed by atoms with Crippen molar-refractivity contribution in [3.05, 3.63) is 57.9 Å². The molecule has 2 aromatic rings. The summed E-state index contributed by atoms with van der Waals surface area (Å²) in [5.41, 5.74) is 3.67. The molecule has 1 fully saturated rings. The van der Waals surface area contributed by atoms with Crippen molar-refractivity contribution in [2.24, 2.45) is 0 Å². The number of thioether (sulfide) groups is 1. The van der Waals surface area contributed by atoms with E-state index in [-0.39, 0.29) is 23.3 Å². The molecule has 0 amide bonds. The first kappa shape index (κ1) is 19.5. The third-order valence-electron chi connectivity index (χ3n) is 4.77. The van der Waals surface area contributed by atoms with Crippen molar-refractivity contribution < 1.29 is 13.2 Å². The van der Waals surface area contributed by atoms with Crippen molar-refractivity contribution in [1.29, 1.82) is 0 Å². The van der Waals surface area contributed by atoms with Crippen LogP contribution in [0.3, 0.4) is 0 Å². The predicted molar refractivity (Wildman–Crippen MR) is 108 cm³/mol. The van der Waals surface area contributed by atoms with Crippen LogP contribution >= 0.6 is 23.4 Å². The molecule has 0 bridgehead atoms. The van der Waals surface area contributed by atoms with E-state index >= 15 is 0 Å². The SMILES string of the molecule is Cc1cc(C(=O)CSCc2ccc(Cl)cc2)c(C)n1[C@@H]1CCS(=O)(=O)C1. The fourth-order valence-electron chi connectivity index (χ4n) is 3.52. The number of aromatic nitrogens is 1. The molecular formula is C19H22ClNO3S2. The van der Waals surface area contributed by atoms with Crippen molar-refractivity contribution in [2.75, 3.05) is 17.3 Å². The summed E-state index contributed by atoms with van der Waals surface area (Å²) in [6.45, 7) is 3.85. The molecule has 26 heavy (non-hydrogen) atoms. The lowest BCUT2D eigenvalue weighted by Gasteiger charge is -2.16. The fourth-order valence-corrected chi connectivity index (χ4v) is 6.22. The van der Waals surface area contributed by atoms with Gasteiger partial charge in [-0.3, -0.25) is 4.79 Å². The Hall–Kier alpha value is -1.24. The maximum Gasteiger partial charge on any atom is 0.174 e. The smallest absolute Gasteiger partial charge is 0.174 e. The Kier molecular flexibility index (Phi) is 5.85. The lowest BCUT2D eigenvalue weighted by Crippen LogP contribution is -2.14. The molecule has 1 atom stereocenters. The number of sulfone groups is 1. The number of ketones is 1. The van der Waals surface area contributed by atoms with Crippen LogP contribution in [0.25, 0.3) is 0 Å². The summed E-state index contributed by atoms with van der Waals surface area (Å²) < 4.78 is 25.6. The minimum atomic E-state index is -2.96. The molecule has 3 rings (SSSR count). The van der Waals surface area contributed by atoms with Gasteiger partial charge in [0.05, 0.1) is 17.3 Å². The number of nitrogens with zero attached hydrogens (tertiary/aromatic N) is 1. The lowest BCUT2D eigenvalue weighted by atomic mass is 10.2. The molecule has 0 aliphatic carbocycles. The molecule has 1 aromatic heterocycles. The fraction of sp³-hybridized carbons (Fsp3) is 0.421. The number of hydrogen-bond donors (Lipinski definition) is 0. The van der Waals surface area contributed by atoms with Crippen LogP contribution in [0.2, 0.25) is 5.02 Å². The topological polar surface area (TPSA) is 56.1 Å². The average molecular weight is 412 g/mol. The second-order valence-corrected chi connectivity index (χ2v) is 10.4. The molecule has 1 aromatic carbocycles. The average Bonchev–Trinajstić information content (AvgIpc) is 3.08. The molecular weight excluding hydrogens is 390 g/mol. The number of carbonyl (C=O) groups excluding carboxylic acids is 1. The molecule has 0 spiro atoms. The van der Waals surface area contributed by atoms with Crippen molar-refractivity contribution in [1.82, 2.24) is 4.57 Å². The Balaban J connectivity index is 1.66. The third-order valence-corrected chi connectivity index (χ3v) is 7.78. The highest BCUT2D eigenvalue weighted by molar-refractivity contribution is 7.99. The number of aryl methyl sites for hydroxylation is 1. The first-order valence-electron chi connectivity index (χ1n) is 8.51. The molecule has 140 valence electrons. The largest absolute Gasteiger partial charge is 0.344 e. The van der Waals surface area contributed by atoms with Crippen LogP contribution < -0.4 is 0 Å². The summed E-state index contributed by atoms with van der Waals surface area (Å²) in [4.78, 5) is 12.6. The minimum absolute atomic E-state index is 0.0525. The highest BCUT2D eigenvalue weighted by atomic mass is 35.5. The quantitative estimate of drug-likeness (QED) is 0.667. The van der Waals surface area contributed by atoms with E-state index in [1.54, 1.807) is 11.8 Å². The summed E-state index contributed by atoms with van der Waals surface area (Å²) in [5.74, 6) is 1.64. The summed E-state index contributed by atoms with van der Waals surface area (Å²) in [7, 11) is -2.96. The Morgan fingerprint density at radius 3 is 2.58 bits per heavy atom. The van der Waals surface area contributed by atoms with Gasteiger partial charge in [0.2, 0.25) is 0 Å². The van der Waals surface area contributed by atoms with E-state index in [2.05, 4.69) is 0 Å². The van der Waals surface area contributed by atoms with E-state index in [4.69, 9.17) is 11.6 Å². The van der Waals surface area contributed by atoms with Gasteiger partial charge in [-0.1, -0.05) is 23.7 Å². The molecule has 0 saturated carbocycles. The summed E-state index contributed by atoms with van der Waals surface area (Å²) in [5, 5.41) is 0.705. The Bertz CT molecular complexity index is 917. The maximum absolute atomic E-state index is 12.6. The van der Waals surface area contributed by atoms with E-state index in [9.17, 15) is 13.2 Å². The number of halogens is 1. The zero-order valence-corrected chi connectivity index (χ0v) is 17.3. The molecule has 1 aliphatic rings. The van der Waals surface area contributed by atoms with E-state index in [0.29, 0.717) is 22.8 Å². The van der Waals surface area contributed by atoms with Crippen molar-refractivity contribution >= 4 is 39.0 Å². The van der Waals surface area contributed by atoms with E-state index in [1.165, 1.54) is 0 Å². The van der Waals surface area contributed by atoms with Crippen LogP contribution in [-0.4, -0.2) is 36.0 Å². The molecule has 1 aliphatic heterocycles. The van der Waals surface area contributed by atoms with Crippen LogP contribution in [-0.2, 0) is 15.6 Å². The molecule has 4 nitrogen and oxygen atoms in total. The number of Topliss-reactive ketones (excluding diaryl/α,β-unsaturated/α-hetero) is 1. The highest BCUT2D eigenvalue weighted by Gasteiger charge is 2.31. The van der Waals surface area contributed by atoms with Crippen LogP contribution in [0.5, 0.6) is 0 Å². The van der Waals surface area contributed by atoms with Gasteiger partial charge in [-0.05, 0) is 44.0 Å². The van der Waals surface area contributed by atoms with Gasteiger partial charge >= 0.3 is 0 Å².